The van der Waals surface area contributed by atoms with Gasteiger partial charge in [0.25, 0.3) is 0 Å². The van der Waals surface area contributed by atoms with Crippen molar-refractivity contribution in [2.75, 3.05) is 0 Å². The molecule has 0 unspecified atom stereocenters. The highest BCUT2D eigenvalue weighted by Gasteiger charge is 2.08. The Labute approximate surface area is 141 Å². The standard InChI is InChI=1S/C15H17Br2N3O/c1-9(2)18-7-11-8-19-15(20-10(11)3)21-14-5-4-12(16)6-13(14)17/h4-6,8-9,18H,7H2,1-3H3. The topological polar surface area (TPSA) is 47.0 Å². The fourth-order valence-corrected chi connectivity index (χ4v) is 2.79. The molecule has 4 nitrogen and oxygen atoms in total. The molecule has 0 fully saturated rings. The van der Waals surface area contributed by atoms with Crippen molar-refractivity contribution < 1.29 is 4.74 Å². The number of benzene rings is 1. The van der Waals surface area contributed by atoms with Gasteiger partial charge >= 0.3 is 6.01 Å². The van der Waals surface area contributed by atoms with Crippen LogP contribution in [0.2, 0.25) is 0 Å². The molecular formula is C15H17Br2N3O. The summed E-state index contributed by atoms with van der Waals surface area (Å²) >= 11 is 6.87. The van der Waals surface area contributed by atoms with E-state index in [4.69, 9.17) is 4.74 Å². The minimum Gasteiger partial charge on any atom is -0.423 e. The Kier molecular flexibility index (Phi) is 5.72. The average molecular weight is 415 g/mol. The molecule has 1 aromatic carbocycles. The zero-order chi connectivity index (χ0) is 15.4. The summed E-state index contributed by atoms with van der Waals surface area (Å²) in [6.45, 7) is 6.94. The maximum absolute atomic E-state index is 5.72. The van der Waals surface area contributed by atoms with Crippen LogP contribution in [-0.4, -0.2) is 16.0 Å². The van der Waals surface area contributed by atoms with Gasteiger partial charge in [-0.3, -0.25) is 0 Å². The third kappa shape index (κ3) is 4.76. The Morgan fingerprint density at radius 2 is 2.05 bits per heavy atom. The van der Waals surface area contributed by atoms with Gasteiger partial charge in [0.15, 0.2) is 0 Å². The van der Waals surface area contributed by atoms with Crippen molar-refractivity contribution in [1.82, 2.24) is 15.3 Å². The van der Waals surface area contributed by atoms with Gasteiger partial charge in [0.1, 0.15) is 5.75 Å². The molecule has 2 rings (SSSR count). The fourth-order valence-electron chi connectivity index (χ4n) is 1.66. The summed E-state index contributed by atoms with van der Waals surface area (Å²) in [6, 6.07) is 6.47. The lowest BCUT2D eigenvalue weighted by molar-refractivity contribution is 0.436. The van der Waals surface area contributed by atoms with Crippen LogP contribution in [0.5, 0.6) is 11.8 Å². The second-order valence-corrected chi connectivity index (χ2v) is 6.75. The van der Waals surface area contributed by atoms with Crippen LogP contribution in [0.3, 0.4) is 0 Å². The number of rotatable bonds is 5. The van der Waals surface area contributed by atoms with E-state index < -0.39 is 0 Å². The summed E-state index contributed by atoms with van der Waals surface area (Å²) < 4.78 is 7.55. The molecule has 0 aliphatic carbocycles. The Hall–Kier alpha value is -0.980. The molecule has 1 heterocycles. The summed E-state index contributed by atoms with van der Waals surface area (Å²) in [5, 5.41) is 3.35. The van der Waals surface area contributed by atoms with Gasteiger partial charge in [-0.15, -0.1) is 0 Å². The van der Waals surface area contributed by atoms with Crippen molar-refractivity contribution in [1.29, 1.82) is 0 Å². The maximum Gasteiger partial charge on any atom is 0.322 e. The van der Waals surface area contributed by atoms with Gasteiger partial charge in [0.05, 0.1) is 4.47 Å². The van der Waals surface area contributed by atoms with Gasteiger partial charge in [0, 0.05) is 34.5 Å². The third-order valence-corrected chi connectivity index (χ3v) is 3.97. The van der Waals surface area contributed by atoms with Crippen molar-refractivity contribution in [3.05, 3.63) is 44.6 Å². The molecular weight excluding hydrogens is 398 g/mol. The van der Waals surface area contributed by atoms with Crippen LogP contribution in [0, 0.1) is 6.92 Å². The Bertz CT molecular complexity index is 632. The highest BCUT2D eigenvalue weighted by atomic mass is 79.9. The largest absolute Gasteiger partial charge is 0.423 e. The van der Waals surface area contributed by atoms with Crippen LogP contribution in [0.25, 0.3) is 0 Å². The minimum atomic E-state index is 0.351. The van der Waals surface area contributed by atoms with Gasteiger partial charge < -0.3 is 10.1 Å². The number of ether oxygens (including phenoxy) is 1. The van der Waals surface area contributed by atoms with Gasteiger partial charge in [-0.2, -0.15) is 4.98 Å². The smallest absolute Gasteiger partial charge is 0.322 e. The summed E-state index contributed by atoms with van der Waals surface area (Å²) in [6.07, 6.45) is 1.81. The molecule has 6 heteroatoms. The van der Waals surface area contributed by atoms with Crippen LogP contribution in [0.4, 0.5) is 0 Å². The normalized spacial score (nSPS) is 11.0. The summed E-state index contributed by atoms with van der Waals surface area (Å²) in [7, 11) is 0. The van der Waals surface area contributed by atoms with Gasteiger partial charge in [0.2, 0.25) is 0 Å². The van der Waals surface area contributed by atoms with Crippen molar-refractivity contribution >= 4 is 31.9 Å². The second-order valence-electron chi connectivity index (χ2n) is 4.98. The maximum atomic E-state index is 5.72. The predicted molar refractivity (Wildman–Crippen MR) is 90.7 cm³/mol. The molecule has 0 amide bonds. The molecule has 0 aliphatic rings. The number of halogens is 2. The number of nitrogens with one attached hydrogen (secondary N) is 1. The number of aromatic nitrogens is 2. The first kappa shape index (κ1) is 16.4. The molecule has 2 aromatic rings. The summed E-state index contributed by atoms with van der Waals surface area (Å²) in [5.74, 6) is 0.686. The van der Waals surface area contributed by atoms with E-state index in [0.29, 0.717) is 17.8 Å². The Balaban J connectivity index is 2.12. The van der Waals surface area contributed by atoms with Crippen LogP contribution in [0.1, 0.15) is 25.1 Å². The van der Waals surface area contributed by atoms with E-state index >= 15 is 0 Å². The van der Waals surface area contributed by atoms with E-state index in [9.17, 15) is 0 Å². The minimum absolute atomic E-state index is 0.351. The predicted octanol–water partition coefficient (Wildman–Crippen LogP) is 4.60. The molecule has 112 valence electrons. The van der Waals surface area contributed by atoms with Crippen molar-refractivity contribution in [2.24, 2.45) is 0 Å². The van der Waals surface area contributed by atoms with Crippen LogP contribution in [0.15, 0.2) is 33.3 Å². The lowest BCUT2D eigenvalue weighted by atomic mass is 10.2. The molecule has 0 radical (unpaired) electrons. The van der Waals surface area contributed by atoms with Gasteiger partial charge in [-0.1, -0.05) is 29.8 Å². The highest BCUT2D eigenvalue weighted by Crippen LogP contribution is 2.30. The van der Waals surface area contributed by atoms with Gasteiger partial charge in [-0.05, 0) is 41.1 Å². The van der Waals surface area contributed by atoms with Crippen LogP contribution >= 0.6 is 31.9 Å². The van der Waals surface area contributed by atoms with Crippen LogP contribution in [-0.2, 0) is 6.54 Å². The molecule has 21 heavy (non-hydrogen) atoms. The Morgan fingerprint density at radius 1 is 1.29 bits per heavy atom. The molecule has 0 saturated carbocycles. The van der Waals surface area contributed by atoms with Crippen molar-refractivity contribution in [3.63, 3.8) is 0 Å². The highest BCUT2D eigenvalue weighted by molar-refractivity contribution is 9.11. The van der Waals surface area contributed by atoms with Crippen molar-refractivity contribution in [2.45, 2.75) is 33.4 Å². The lowest BCUT2D eigenvalue weighted by Crippen LogP contribution is -2.22. The second kappa shape index (κ2) is 7.33. The first-order valence-electron chi connectivity index (χ1n) is 6.64. The quantitative estimate of drug-likeness (QED) is 0.776. The lowest BCUT2D eigenvalue weighted by Gasteiger charge is -2.11. The number of hydrogen-bond acceptors (Lipinski definition) is 4. The SMILES string of the molecule is Cc1nc(Oc2ccc(Br)cc2Br)ncc1CNC(C)C. The molecule has 0 saturated heterocycles. The Morgan fingerprint density at radius 3 is 2.67 bits per heavy atom. The molecule has 0 bridgehead atoms. The van der Waals surface area contributed by atoms with E-state index in [1.54, 1.807) is 6.20 Å². The molecule has 0 spiro atoms. The summed E-state index contributed by atoms with van der Waals surface area (Å²) in [5.41, 5.74) is 1.99. The number of aryl methyl sites for hydroxylation is 1. The van der Waals surface area contributed by atoms with E-state index in [0.717, 1.165) is 26.7 Å². The first-order chi connectivity index (χ1) is 9.95. The monoisotopic (exact) mass is 413 g/mol. The number of nitrogens with zero attached hydrogens (tertiary/aromatic N) is 2. The third-order valence-electron chi connectivity index (χ3n) is 2.85. The first-order valence-corrected chi connectivity index (χ1v) is 8.23. The average Bonchev–Trinajstić information content (AvgIpc) is 2.41. The summed E-state index contributed by atoms with van der Waals surface area (Å²) in [4.78, 5) is 8.67. The van der Waals surface area contributed by atoms with Crippen molar-refractivity contribution in [3.8, 4) is 11.8 Å². The van der Waals surface area contributed by atoms with Crippen LogP contribution < -0.4 is 10.1 Å². The van der Waals surface area contributed by atoms with E-state index in [-0.39, 0.29) is 0 Å². The molecule has 0 aliphatic heterocycles. The number of hydrogen-bond donors (Lipinski definition) is 1. The van der Waals surface area contributed by atoms with E-state index in [1.165, 1.54) is 0 Å². The molecule has 0 atom stereocenters. The fraction of sp³-hybridized carbons (Fsp3) is 0.333. The zero-order valence-corrected chi connectivity index (χ0v) is 15.3. The molecule has 1 aromatic heterocycles. The molecule has 1 N–H and O–H groups in total. The van der Waals surface area contributed by atoms with E-state index in [1.807, 2.05) is 25.1 Å². The van der Waals surface area contributed by atoms with Gasteiger partial charge in [-0.25, -0.2) is 4.98 Å². The zero-order valence-electron chi connectivity index (χ0n) is 12.2. The van der Waals surface area contributed by atoms with E-state index in [2.05, 4.69) is 61.0 Å².